The summed E-state index contributed by atoms with van der Waals surface area (Å²) < 4.78 is 161. The molecule has 0 bridgehead atoms. The zero-order valence-corrected chi connectivity index (χ0v) is 10.5. The van der Waals surface area contributed by atoms with Gasteiger partial charge in [0.05, 0.1) is 0 Å². The molecule has 0 unspecified atom stereocenters. The highest BCUT2D eigenvalue weighted by molar-refractivity contribution is 4.83. The maximum Gasteiger partial charge on any atom is 0.463 e. The summed E-state index contributed by atoms with van der Waals surface area (Å²) in [4.78, 5) is 1.23. The first-order valence-corrected chi connectivity index (χ1v) is 4.78. The van der Waals surface area contributed by atoms with Gasteiger partial charge in [-0.25, -0.2) is 0 Å². The summed E-state index contributed by atoms with van der Waals surface area (Å²) in [7, 11) is 0. The van der Waals surface area contributed by atoms with Crippen LogP contribution in [0.2, 0.25) is 0 Å². The number of hydrogen-bond donors (Lipinski definition) is 0. The molecule has 0 amide bonds. The van der Waals surface area contributed by atoms with Crippen LogP contribution in [0.4, 0.5) is 61.6 Å². The number of rotatable bonds is 5. The molecule has 0 N–H and O–H groups in total. The van der Waals surface area contributed by atoms with Crippen molar-refractivity contribution >= 4 is 0 Å². The minimum absolute atomic E-state index is 1.23. The van der Waals surface area contributed by atoms with E-state index in [-0.39, 0.29) is 0 Å². The Morgan fingerprint density at radius 2 is 1.17 bits per heavy atom. The summed E-state index contributed by atoms with van der Waals surface area (Å²) in [5, 5.41) is 0. The van der Waals surface area contributed by atoms with E-state index >= 15 is 0 Å². The second-order valence-corrected chi connectivity index (χ2v) is 3.55. The fourth-order valence-corrected chi connectivity index (χ4v) is 0.645. The van der Waals surface area contributed by atoms with Crippen molar-refractivity contribution in [1.29, 1.82) is 0 Å². The summed E-state index contributed by atoms with van der Waals surface area (Å²) in [6.07, 6.45) is -25.0. The van der Waals surface area contributed by atoms with Crippen molar-refractivity contribution in [3.05, 3.63) is 12.6 Å². The first kappa shape index (κ1) is 24.8. The van der Waals surface area contributed by atoms with Crippen LogP contribution in [-0.2, 0) is 9.68 Å². The standard InChI is InChI=1S/C5H4F6O.C3F8O/c1-3(6)12-5(10,11)2-4(7,8)9;4-1(5,2(6,7)8)3(9,10)12-11/h1-2H2;. The zero-order valence-electron chi connectivity index (χ0n) is 10.5. The number of ether oxygens (including phenoxy) is 1. The molecular formula is C8H4F14O2. The number of halogens is 14. The summed E-state index contributed by atoms with van der Waals surface area (Å²) in [6, 6.07) is -1.95. The predicted molar refractivity (Wildman–Crippen MR) is 45.1 cm³/mol. The monoisotopic (exact) mass is 398 g/mol. The highest BCUT2D eigenvalue weighted by Gasteiger charge is 2.75. The molecule has 0 aliphatic heterocycles. The molecule has 0 rings (SSSR count). The molecule has 0 aromatic rings. The zero-order chi connectivity index (χ0) is 20.2. The molecule has 0 aromatic carbocycles. The smallest absolute Gasteiger partial charge is 0.406 e. The van der Waals surface area contributed by atoms with Crippen molar-refractivity contribution in [1.82, 2.24) is 0 Å². The van der Waals surface area contributed by atoms with Gasteiger partial charge in [-0.2, -0.15) is 57.1 Å². The van der Waals surface area contributed by atoms with E-state index in [1.807, 2.05) is 0 Å². The molecule has 2 nitrogen and oxygen atoms in total. The number of alkyl halides is 12. The van der Waals surface area contributed by atoms with Gasteiger partial charge in [-0.3, -0.25) is 0 Å². The number of hydrogen-bond acceptors (Lipinski definition) is 2. The molecule has 146 valence electrons. The van der Waals surface area contributed by atoms with Gasteiger partial charge in [-0.15, -0.1) is 4.94 Å². The Kier molecular flexibility index (Phi) is 7.85. The minimum atomic E-state index is -6.57. The molecule has 0 aliphatic carbocycles. The van der Waals surface area contributed by atoms with Gasteiger partial charge in [-0.05, 0) is 11.1 Å². The second-order valence-electron chi connectivity index (χ2n) is 3.55. The molecule has 0 spiro atoms. The van der Waals surface area contributed by atoms with Crippen molar-refractivity contribution in [2.45, 2.75) is 36.9 Å². The van der Waals surface area contributed by atoms with Crippen LogP contribution >= 0.6 is 0 Å². The van der Waals surface area contributed by atoms with E-state index in [1.54, 1.807) is 0 Å². The van der Waals surface area contributed by atoms with Crippen molar-refractivity contribution in [2.24, 2.45) is 0 Å². The molecule has 0 saturated heterocycles. The van der Waals surface area contributed by atoms with Gasteiger partial charge in [0.15, 0.2) is 0 Å². The average molecular weight is 398 g/mol. The quantitative estimate of drug-likeness (QED) is 0.439. The molecule has 0 aliphatic rings. The third-order valence-corrected chi connectivity index (χ3v) is 1.48. The second kappa shape index (κ2) is 7.60. The van der Waals surface area contributed by atoms with Crippen molar-refractivity contribution in [3.63, 3.8) is 0 Å². The Labute approximate surface area is 122 Å². The van der Waals surface area contributed by atoms with Crippen LogP contribution in [0.5, 0.6) is 0 Å². The Bertz CT molecular complexity index is 408. The lowest BCUT2D eigenvalue weighted by Crippen LogP contribution is -2.52. The van der Waals surface area contributed by atoms with Gasteiger partial charge in [0.1, 0.15) is 6.42 Å². The van der Waals surface area contributed by atoms with Gasteiger partial charge in [0.2, 0.25) is 0 Å². The molecule has 0 saturated carbocycles. The third-order valence-electron chi connectivity index (χ3n) is 1.48. The van der Waals surface area contributed by atoms with Gasteiger partial charge < -0.3 is 4.74 Å². The van der Waals surface area contributed by atoms with Gasteiger partial charge in [0, 0.05) is 0 Å². The fraction of sp³-hybridized carbons (Fsp3) is 0.750. The highest BCUT2D eigenvalue weighted by Crippen LogP contribution is 2.47. The van der Waals surface area contributed by atoms with Gasteiger partial charge >= 0.3 is 30.5 Å². The Morgan fingerprint density at radius 3 is 1.33 bits per heavy atom. The van der Waals surface area contributed by atoms with E-state index in [0.29, 0.717) is 0 Å². The Hall–Kier alpha value is -1.48. The SMILES string of the molecule is C=C(F)OC(F)(F)CC(F)(F)F.FOC(F)(F)C(F)(F)C(F)(F)F. The van der Waals surface area contributed by atoms with E-state index in [0.717, 1.165) is 0 Å². The van der Waals surface area contributed by atoms with Crippen LogP contribution in [0.25, 0.3) is 0 Å². The minimum Gasteiger partial charge on any atom is -0.406 e. The van der Waals surface area contributed by atoms with Crippen molar-refractivity contribution in [2.75, 3.05) is 0 Å². The molecule has 0 aromatic heterocycles. The summed E-state index contributed by atoms with van der Waals surface area (Å²) in [5.74, 6) is -6.55. The topological polar surface area (TPSA) is 18.5 Å². The van der Waals surface area contributed by atoms with Crippen LogP contribution in [-0.4, -0.2) is 30.5 Å². The summed E-state index contributed by atoms with van der Waals surface area (Å²) >= 11 is 0. The van der Waals surface area contributed by atoms with Crippen LogP contribution in [0, 0.1) is 0 Å². The average Bonchev–Trinajstić information content (AvgIpc) is 2.22. The van der Waals surface area contributed by atoms with Crippen LogP contribution in [0.1, 0.15) is 6.42 Å². The van der Waals surface area contributed by atoms with Crippen LogP contribution < -0.4 is 0 Å². The lowest BCUT2D eigenvalue weighted by Gasteiger charge is -2.23. The summed E-state index contributed by atoms with van der Waals surface area (Å²) in [5.41, 5.74) is 0. The molecule has 0 radical (unpaired) electrons. The molecule has 0 fully saturated rings. The maximum absolute atomic E-state index is 11.9. The first-order chi connectivity index (χ1) is 10.2. The van der Waals surface area contributed by atoms with E-state index in [1.165, 1.54) is 4.94 Å². The largest absolute Gasteiger partial charge is 0.463 e. The van der Waals surface area contributed by atoms with Crippen LogP contribution in [0.3, 0.4) is 0 Å². The third kappa shape index (κ3) is 8.39. The molecule has 16 heteroatoms. The van der Waals surface area contributed by atoms with E-state index < -0.39 is 42.9 Å². The first-order valence-electron chi connectivity index (χ1n) is 4.78. The Balaban J connectivity index is 0. The molecular weight excluding hydrogens is 394 g/mol. The van der Waals surface area contributed by atoms with E-state index in [9.17, 15) is 61.6 Å². The maximum atomic E-state index is 11.9. The molecule has 0 atom stereocenters. The van der Waals surface area contributed by atoms with Crippen molar-refractivity contribution < 1.29 is 71.3 Å². The fourth-order valence-electron chi connectivity index (χ4n) is 0.645. The van der Waals surface area contributed by atoms with Gasteiger partial charge in [-0.1, -0.05) is 0 Å². The molecule has 24 heavy (non-hydrogen) atoms. The van der Waals surface area contributed by atoms with E-state index in [4.69, 9.17) is 0 Å². The highest BCUT2D eigenvalue weighted by atomic mass is 19.4. The normalized spacial score (nSPS) is 13.9. The van der Waals surface area contributed by atoms with Crippen molar-refractivity contribution in [3.8, 4) is 0 Å². The van der Waals surface area contributed by atoms with E-state index in [2.05, 4.69) is 11.3 Å². The van der Waals surface area contributed by atoms with Crippen LogP contribution in [0.15, 0.2) is 12.6 Å². The van der Waals surface area contributed by atoms with Gasteiger partial charge in [0.25, 0.3) is 6.01 Å². The lowest BCUT2D eigenvalue weighted by atomic mass is 10.3. The summed E-state index contributed by atoms with van der Waals surface area (Å²) in [6.45, 7) is 2.23. The predicted octanol–water partition coefficient (Wildman–Crippen LogP) is 5.67. The molecule has 0 heterocycles. The Morgan fingerprint density at radius 1 is 0.792 bits per heavy atom. The lowest BCUT2D eigenvalue weighted by molar-refractivity contribution is -0.471.